The summed E-state index contributed by atoms with van der Waals surface area (Å²) in [5.41, 5.74) is 1.72. The zero-order chi connectivity index (χ0) is 23.3. The monoisotopic (exact) mass is 462 g/mol. The molecule has 1 fully saturated rings. The highest BCUT2D eigenvalue weighted by Crippen LogP contribution is 2.34. The number of amides is 1. The molecule has 0 aliphatic carbocycles. The van der Waals surface area contributed by atoms with Crippen molar-refractivity contribution in [3.63, 3.8) is 0 Å². The maximum absolute atomic E-state index is 13.0. The van der Waals surface area contributed by atoms with Gasteiger partial charge in [0.05, 0.1) is 26.2 Å². The van der Waals surface area contributed by atoms with E-state index in [2.05, 4.69) is 5.32 Å². The summed E-state index contributed by atoms with van der Waals surface area (Å²) >= 11 is 0. The van der Waals surface area contributed by atoms with E-state index < -0.39 is 10.0 Å². The third-order valence-corrected chi connectivity index (χ3v) is 7.53. The van der Waals surface area contributed by atoms with Crippen molar-refractivity contribution in [2.75, 3.05) is 34.4 Å². The van der Waals surface area contributed by atoms with Gasteiger partial charge in [-0.25, -0.2) is 8.42 Å². The molecule has 0 aromatic heterocycles. The van der Waals surface area contributed by atoms with Crippen LogP contribution >= 0.6 is 0 Å². The predicted octanol–water partition coefficient (Wildman–Crippen LogP) is 3.13. The van der Waals surface area contributed by atoms with Crippen LogP contribution < -0.4 is 19.5 Å². The number of rotatable bonds is 8. The minimum Gasteiger partial charge on any atom is -0.496 e. The minimum absolute atomic E-state index is 0.138. The van der Waals surface area contributed by atoms with Gasteiger partial charge >= 0.3 is 0 Å². The van der Waals surface area contributed by atoms with Crippen LogP contribution in [0.5, 0.6) is 17.2 Å². The molecule has 32 heavy (non-hydrogen) atoms. The van der Waals surface area contributed by atoms with Crippen LogP contribution in [-0.4, -0.2) is 53.0 Å². The Bertz CT molecular complexity index is 1080. The van der Waals surface area contributed by atoms with Gasteiger partial charge in [-0.15, -0.1) is 0 Å². The van der Waals surface area contributed by atoms with Crippen molar-refractivity contribution < 1.29 is 27.4 Å². The molecule has 0 saturated carbocycles. The molecule has 2 aromatic rings. The van der Waals surface area contributed by atoms with Gasteiger partial charge in [0.2, 0.25) is 10.0 Å². The molecule has 3 rings (SSSR count). The molecular weight excluding hydrogens is 432 g/mol. The Morgan fingerprint density at radius 3 is 2.19 bits per heavy atom. The van der Waals surface area contributed by atoms with E-state index in [0.29, 0.717) is 47.0 Å². The van der Waals surface area contributed by atoms with Gasteiger partial charge in [-0.1, -0.05) is 12.5 Å². The number of nitrogens with zero attached hydrogens (tertiary/aromatic N) is 1. The zero-order valence-electron chi connectivity index (χ0n) is 18.9. The number of methoxy groups -OCH3 is 3. The molecule has 1 aliphatic heterocycles. The predicted molar refractivity (Wildman–Crippen MR) is 121 cm³/mol. The average Bonchev–Trinajstić information content (AvgIpc) is 2.82. The number of carbonyl (C=O) groups is 1. The number of carbonyl (C=O) groups excluding carboxylic acids is 1. The van der Waals surface area contributed by atoms with Gasteiger partial charge < -0.3 is 19.5 Å². The normalized spacial score (nSPS) is 14.6. The molecule has 8 nitrogen and oxygen atoms in total. The Labute approximate surface area is 189 Å². The molecule has 0 atom stereocenters. The van der Waals surface area contributed by atoms with Crippen LogP contribution in [0.15, 0.2) is 35.2 Å². The molecule has 0 bridgehead atoms. The van der Waals surface area contributed by atoms with Crippen LogP contribution in [0, 0.1) is 6.92 Å². The van der Waals surface area contributed by atoms with E-state index in [0.717, 1.165) is 19.3 Å². The van der Waals surface area contributed by atoms with Crippen LogP contribution in [0.1, 0.15) is 40.7 Å². The summed E-state index contributed by atoms with van der Waals surface area (Å²) in [6.45, 7) is 2.97. The average molecular weight is 463 g/mol. The Morgan fingerprint density at radius 2 is 1.56 bits per heavy atom. The SMILES string of the molecule is COc1cc(OC)c(OC)cc1CNC(=O)c1cc(S(=O)(=O)N2CCCCC2)ccc1C. The van der Waals surface area contributed by atoms with Gasteiger partial charge in [0.15, 0.2) is 11.5 Å². The Kier molecular flexibility index (Phi) is 7.63. The molecular formula is C23H30N2O6S. The number of sulfonamides is 1. The lowest BCUT2D eigenvalue weighted by Gasteiger charge is -2.26. The lowest BCUT2D eigenvalue weighted by atomic mass is 10.1. The molecule has 9 heteroatoms. The van der Waals surface area contributed by atoms with E-state index in [-0.39, 0.29) is 17.3 Å². The summed E-state index contributed by atoms with van der Waals surface area (Å²) in [5, 5.41) is 2.85. The standard InChI is InChI=1S/C23H30N2O6S/c1-16-8-9-18(32(27,28)25-10-6-5-7-11-25)13-19(16)23(26)24-15-17-12-21(30-3)22(31-4)14-20(17)29-2/h8-9,12-14H,5-7,10-11,15H2,1-4H3,(H,24,26). The molecule has 174 valence electrons. The molecule has 0 unspecified atom stereocenters. The van der Waals surface area contributed by atoms with Gasteiger partial charge in [0, 0.05) is 36.8 Å². The second kappa shape index (κ2) is 10.2. The largest absolute Gasteiger partial charge is 0.496 e. The third-order valence-electron chi connectivity index (χ3n) is 5.63. The van der Waals surface area contributed by atoms with Crippen molar-refractivity contribution in [2.45, 2.75) is 37.6 Å². The summed E-state index contributed by atoms with van der Waals surface area (Å²) in [7, 11) is 0.973. The number of hydrogen-bond acceptors (Lipinski definition) is 6. The number of aryl methyl sites for hydroxylation is 1. The smallest absolute Gasteiger partial charge is 0.251 e. The molecule has 2 aromatic carbocycles. The van der Waals surface area contributed by atoms with E-state index in [1.54, 1.807) is 31.2 Å². The van der Waals surface area contributed by atoms with E-state index in [1.165, 1.54) is 31.7 Å². The second-order valence-electron chi connectivity index (χ2n) is 7.64. The van der Waals surface area contributed by atoms with E-state index in [4.69, 9.17) is 14.2 Å². The minimum atomic E-state index is -3.63. The topological polar surface area (TPSA) is 94.2 Å². The van der Waals surface area contributed by atoms with E-state index in [9.17, 15) is 13.2 Å². The van der Waals surface area contributed by atoms with Gasteiger partial charge in [-0.2, -0.15) is 4.31 Å². The van der Waals surface area contributed by atoms with Crippen molar-refractivity contribution >= 4 is 15.9 Å². The van der Waals surface area contributed by atoms with Crippen LogP contribution in [0.25, 0.3) is 0 Å². The van der Waals surface area contributed by atoms with Crippen molar-refractivity contribution in [3.05, 3.63) is 47.0 Å². The highest BCUT2D eigenvalue weighted by atomic mass is 32.2. The van der Waals surface area contributed by atoms with Crippen LogP contribution in [0.2, 0.25) is 0 Å². The first-order valence-electron chi connectivity index (χ1n) is 10.5. The number of ether oxygens (including phenoxy) is 3. The zero-order valence-corrected chi connectivity index (χ0v) is 19.8. The third kappa shape index (κ3) is 4.99. The number of hydrogen-bond donors (Lipinski definition) is 1. The Hall–Kier alpha value is -2.78. The lowest BCUT2D eigenvalue weighted by molar-refractivity contribution is 0.0950. The summed E-state index contributed by atoms with van der Waals surface area (Å²) in [6.07, 6.45) is 2.74. The Balaban J connectivity index is 1.82. The molecule has 1 heterocycles. The van der Waals surface area contributed by atoms with Crippen molar-refractivity contribution in [1.82, 2.24) is 9.62 Å². The maximum Gasteiger partial charge on any atom is 0.251 e. The van der Waals surface area contributed by atoms with Gasteiger partial charge in [-0.3, -0.25) is 4.79 Å². The van der Waals surface area contributed by atoms with E-state index >= 15 is 0 Å². The molecule has 1 N–H and O–H groups in total. The molecule has 1 aliphatic rings. The van der Waals surface area contributed by atoms with Crippen molar-refractivity contribution in [3.8, 4) is 17.2 Å². The van der Waals surface area contributed by atoms with Crippen LogP contribution in [0.3, 0.4) is 0 Å². The first kappa shape index (κ1) is 23.9. The fourth-order valence-corrected chi connectivity index (χ4v) is 5.31. The first-order valence-corrected chi connectivity index (χ1v) is 11.9. The highest BCUT2D eigenvalue weighted by molar-refractivity contribution is 7.89. The maximum atomic E-state index is 13.0. The first-order chi connectivity index (χ1) is 15.3. The number of piperidine rings is 1. The van der Waals surface area contributed by atoms with Crippen LogP contribution in [-0.2, 0) is 16.6 Å². The van der Waals surface area contributed by atoms with Gasteiger partial charge in [-0.05, 0) is 43.5 Å². The summed E-state index contributed by atoms with van der Waals surface area (Å²) < 4.78 is 43.6. The molecule has 1 amide bonds. The van der Waals surface area contributed by atoms with E-state index in [1.807, 2.05) is 0 Å². The number of nitrogens with one attached hydrogen (secondary N) is 1. The molecule has 0 spiro atoms. The van der Waals surface area contributed by atoms with Crippen molar-refractivity contribution in [1.29, 1.82) is 0 Å². The molecule has 1 saturated heterocycles. The fourth-order valence-electron chi connectivity index (χ4n) is 3.76. The second-order valence-corrected chi connectivity index (χ2v) is 9.58. The van der Waals surface area contributed by atoms with Crippen LogP contribution in [0.4, 0.5) is 0 Å². The van der Waals surface area contributed by atoms with Crippen molar-refractivity contribution in [2.24, 2.45) is 0 Å². The summed E-state index contributed by atoms with van der Waals surface area (Å²) in [5.74, 6) is 1.21. The number of benzene rings is 2. The Morgan fingerprint density at radius 1 is 0.938 bits per heavy atom. The van der Waals surface area contributed by atoms with Gasteiger partial charge in [0.1, 0.15) is 5.75 Å². The highest BCUT2D eigenvalue weighted by Gasteiger charge is 2.27. The summed E-state index contributed by atoms with van der Waals surface area (Å²) in [4.78, 5) is 13.1. The quantitative estimate of drug-likeness (QED) is 0.648. The lowest BCUT2D eigenvalue weighted by Crippen LogP contribution is -2.35. The molecule has 0 radical (unpaired) electrons. The summed E-state index contributed by atoms with van der Waals surface area (Å²) in [6, 6.07) is 8.12. The van der Waals surface area contributed by atoms with Gasteiger partial charge in [0.25, 0.3) is 5.91 Å². The fraction of sp³-hybridized carbons (Fsp3) is 0.435.